The van der Waals surface area contributed by atoms with E-state index >= 15 is 0 Å². The summed E-state index contributed by atoms with van der Waals surface area (Å²) < 4.78 is 19.8. The molecule has 0 saturated heterocycles. The molecule has 0 aliphatic carbocycles. The van der Waals surface area contributed by atoms with E-state index in [4.69, 9.17) is 4.74 Å². The summed E-state index contributed by atoms with van der Waals surface area (Å²) in [4.78, 5) is 12.7. The quantitative estimate of drug-likeness (QED) is 0.933. The molecule has 0 bridgehead atoms. The molecule has 1 heterocycles. The first-order valence-corrected chi connectivity index (χ1v) is 6.86. The van der Waals surface area contributed by atoms with Crippen LogP contribution in [0.15, 0.2) is 18.2 Å². The van der Waals surface area contributed by atoms with E-state index in [1.807, 2.05) is 19.9 Å². The molecule has 0 fully saturated rings. The van der Waals surface area contributed by atoms with Gasteiger partial charge in [0.2, 0.25) is 0 Å². The summed E-state index contributed by atoms with van der Waals surface area (Å²) in [5.41, 5.74) is 0.624. The Morgan fingerprint density at radius 2 is 2.21 bits per heavy atom. The van der Waals surface area contributed by atoms with Crippen LogP contribution in [0.1, 0.15) is 29.1 Å². The molecule has 0 aliphatic heterocycles. The fraction of sp³-hybridized carbons (Fsp3) is 0.357. The summed E-state index contributed by atoms with van der Waals surface area (Å²) in [7, 11) is 1.54. The van der Waals surface area contributed by atoms with Crippen molar-refractivity contribution in [3.63, 3.8) is 0 Å². The maximum Gasteiger partial charge on any atom is 0.261 e. The summed E-state index contributed by atoms with van der Waals surface area (Å²) in [6, 6.07) is 4.90. The van der Waals surface area contributed by atoms with Gasteiger partial charge in [-0.25, -0.2) is 4.39 Å². The number of methoxy groups -OCH3 is 1. The van der Waals surface area contributed by atoms with Gasteiger partial charge in [0, 0.05) is 28.8 Å². The number of ether oxygens (including phenoxy) is 1. The highest BCUT2D eigenvalue weighted by Gasteiger charge is 2.20. The Labute approximate surface area is 115 Å². The van der Waals surface area contributed by atoms with E-state index in [-0.39, 0.29) is 24.4 Å². The smallest absolute Gasteiger partial charge is 0.261 e. The van der Waals surface area contributed by atoms with Crippen LogP contribution in [0.3, 0.4) is 0 Å². The van der Waals surface area contributed by atoms with Crippen molar-refractivity contribution in [2.45, 2.75) is 26.5 Å². The van der Waals surface area contributed by atoms with Crippen LogP contribution in [0.2, 0.25) is 0 Å². The molecule has 1 amide bonds. The normalized spacial score (nSPS) is 11.2. The Kier molecular flexibility index (Phi) is 4.17. The minimum absolute atomic E-state index is 0.0398. The summed E-state index contributed by atoms with van der Waals surface area (Å²) in [6.45, 7) is 4.01. The Bertz CT molecular complexity index is 607. The van der Waals surface area contributed by atoms with Crippen molar-refractivity contribution >= 4 is 27.3 Å². The minimum atomic E-state index is -0.315. The lowest BCUT2D eigenvalue weighted by molar-refractivity contribution is 0.0943. The first-order valence-electron chi connectivity index (χ1n) is 6.04. The molecular formula is C14H16FNO2S. The average Bonchev–Trinajstić information content (AvgIpc) is 2.69. The third-order valence-corrected chi connectivity index (χ3v) is 3.87. The van der Waals surface area contributed by atoms with Gasteiger partial charge in [-0.05, 0) is 26.0 Å². The topological polar surface area (TPSA) is 38.3 Å². The number of carbonyl (C=O) groups is 1. The molecule has 1 aromatic heterocycles. The van der Waals surface area contributed by atoms with Gasteiger partial charge in [-0.15, -0.1) is 11.3 Å². The fourth-order valence-electron chi connectivity index (χ4n) is 1.96. The Morgan fingerprint density at radius 3 is 2.84 bits per heavy atom. The van der Waals surface area contributed by atoms with Gasteiger partial charge in [-0.3, -0.25) is 4.79 Å². The maximum atomic E-state index is 13.9. The third kappa shape index (κ3) is 2.77. The number of rotatable bonds is 4. The van der Waals surface area contributed by atoms with Crippen LogP contribution < -0.4 is 5.32 Å². The molecule has 19 heavy (non-hydrogen) atoms. The largest absolute Gasteiger partial charge is 0.380 e. The third-order valence-electron chi connectivity index (χ3n) is 2.68. The molecule has 0 saturated carbocycles. The van der Waals surface area contributed by atoms with Gasteiger partial charge < -0.3 is 10.1 Å². The zero-order valence-corrected chi connectivity index (χ0v) is 11.9. The molecule has 102 valence electrons. The molecule has 0 atom stereocenters. The lowest BCUT2D eigenvalue weighted by Gasteiger charge is -2.08. The van der Waals surface area contributed by atoms with Crippen molar-refractivity contribution in [3.05, 3.63) is 34.5 Å². The summed E-state index contributed by atoms with van der Waals surface area (Å²) in [5.74, 6) is -0.493. The lowest BCUT2D eigenvalue weighted by atomic mass is 10.1. The van der Waals surface area contributed by atoms with Crippen LogP contribution in [-0.4, -0.2) is 19.1 Å². The minimum Gasteiger partial charge on any atom is -0.380 e. The standard InChI is InChI=1S/C14H16FNO2S/c1-8(2)16-14(17)13-9(7-18-3)12-10(15)5-4-6-11(12)19-13/h4-6,8H,7H2,1-3H3,(H,16,17). The Hall–Kier alpha value is -1.46. The highest BCUT2D eigenvalue weighted by Crippen LogP contribution is 2.33. The van der Waals surface area contributed by atoms with Gasteiger partial charge in [-0.1, -0.05) is 6.07 Å². The number of amides is 1. The van der Waals surface area contributed by atoms with Crippen molar-refractivity contribution in [2.75, 3.05) is 7.11 Å². The first kappa shape index (κ1) is 14.0. The Balaban J connectivity index is 2.57. The molecule has 0 radical (unpaired) electrons. The average molecular weight is 281 g/mol. The summed E-state index contributed by atoms with van der Waals surface area (Å²) >= 11 is 1.30. The zero-order valence-electron chi connectivity index (χ0n) is 11.1. The van der Waals surface area contributed by atoms with Crippen LogP contribution >= 0.6 is 11.3 Å². The van der Waals surface area contributed by atoms with Crippen LogP contribution in [0.5, 0.6) is 0 Å². The SMILES string of the molecule is COCc1c(C(=O)NC(C)C)sc2cccc(F)c12. The van der Waals surface area contributed by atoms with Gasteiger partial charge in [0.1, 0.15) is 5.82 Å². The number of hydrogen-bond donors (Lipinski definition) is 1. The van der Waals surface area contributed by atoms with Gasteiger partial charge in [-0.2, -0.15) is 0 Å². The van der Waals surface area contributed by atoms with Crippen LogP contribution in [-0.2, 0) is 11.3 Å². The van der Waals surface area contributed by atoms with E-state index in [1.54, 1.807) is 6.07 Å². The first-order chi connectivity index (χ1) is 9.04. The molecule has 5 heteroatoms. The van der Waals surface area contributed by atoms with Gasteiger partial charge in [0.05, 0.1) is 11.5 Å². The fourth-order valence-corrected chi connectivity index (χ4v) is 3.09. The van der Waals surface area contributed by atoms with Crippen molar-refractivity contribution in [3.8, 4) is 0 Å². The van der Waals surface area contributed by atoms with Gasteiger partial charge >= 0.3 is 0 Å². The second-order valence-electron chi connectivity index (χ2n) is 4.58. The molecule has 2 aromatic rings. The van der Waals surface area contributed by atoms with E-state index in [9.17, 15) is 9.18 Å². The highest BCUT2D eigenvalue weighted by molar-refractivity contribution is 7.21. The van der Waals surface area contributed by atoms with E-state index in [2.05, 4.69) is 5.32 Å². The van der Waals surface area contributed by atoms with Crippen LogP contribution in [0, 0.1) is 5.82 Å². The van der Waals surface area contributed by atoms with Crippen molar-refractivity contribution in [2.24, 2.45) is 0 Å². The van der Waals surface area contributed by atoms with Crippen molar-refractivity contribution in [1.29, 1.82) is 0 Å². The number of benzene rings is 1. The molecule has 1 aromatic carbocycles. The number of thiophene rings is 1. The van der Waals surface area contributed by atoms with E-state index < -0.39 is 0 Å². The second kappa shape index (κ2) is 5.67. The van der Waals surface area contributed by atoms with Crippen LogP contribution in [0.25, 0.3) is 10.1 Å². The number of nitrogens with one attached hydrogen (secondary N) is 1. The van der Waals surface area contributed by atoms with E-state index in [0.29, 0.717) is 15.8 Å². The summed E-state index contributed by atoms with van der Waals surface area (Å²) in [5, 5.41) is 3.32. The van der Waals surface area contributed by atoms with Crippen molar-refractivity contribution in [1.82, 2.24) is 5.32 Å². The van der Waals surface area contributed by atoms with E-state index in [1.165, 1.54) is 24.5 Å². The molecule has 0 spiro atoms. The maximum absolute atomic E-state index is 13.9. The number of hydrogen-bond acceptors (Lipinski definition) is 3. The Morgan fingerprint density at radius 1 is 1.47 bits per heavy atom. The number of fused-ring (bicyclic) bond motifs is 1. The lowest BCUT2D eigenvalue weighted by Crippen LogP contribution is -2.30. The molecule has 0 aliphatic rings. The molecule has 3 nitrogen and oxygen atoms in total. The van der Waals surface area contributed by atoms with E-state index in [0.717, 1.165) is 4.70 Å². The summed E-state index contributed by atoms with van der Waals surface area (Å²) in [6.07, 6.45) is 0. The monoisotopic (exact) mass is 281 g/mol. The molecule has 0 unspecified atom stereocenters. The molecule has 2 rings (SSSR count). The predicted molar refractivity (Wildman–Crippen MR) is 75.1 cm³/mol. The van der Waals surface area contributed by atoms with Gasteiger partial charge in [0.15, 0.2) is 0 Å². The molecule has 1 N–H and O–H groups in total. The number of carbonyl (C=O) groups excluding carboxylic acids is 1. The predicted octanol–water partition coefficient (Wildman–Crippen LogP) is 3.33. The van der Waals surface area contributed by atoms with Gasteiger partial charge in [0.25, 0.3) is 5.91 Å². The highest BCUT2D eigenvalue weighted by atomic mass is 32.1. The zero-order chi connectivity index (χ0) is 14.0. The van der Waals surface area contributed by atoms with Crippen molar-refractivity contribution < 1.29 is 13.9 Å². The second-order valence-corrected chi connectivity index (χ2v) is 5.64. The number of halogens is 1. The molecular weight excluding hydrogens is 265 g/mol. The van der Waals surface area contributed by atoms with Crippen LogP contribution in [0.4, 0.5) is 4.39 Å².